The zero-order chi connectivity index (χ0) is 14.8. The van der Waals surface area contributed by atoms with E-state index >= 15 is 0 Å². The van der Waals surface area contributed by atoms with Crippen molar-refractivity contribution in [3.8, 4) is 0 Å². The van der Waals surface area contributed by atoms with Crippen LogP contribution in [0, 0.1) is 11.8 Å². The molecular formula is C14H18N4O3. The van der Waals surface area contributed by atoms with Crippen molar-refractivity contribution in [3.63, 3.8) is 0 Å². The SMILES string of the molecule is COCC(=O)N1C[C@@H]2CN(C(=O)c3cnccn3)C[C@H]2C1. The minimum absolute atomic E-state index is 0.0266. The van der Waals surface area contributed by atoms with E-state index < -0.39 is 0 Å². The van der Waals surface area contributed by atoms with Crippen molar-refractivity contribution >= 4 is 11.8 Å². The average molecular weight is 290 g/mol. The normalized spacial score (nSPS) is 24.2. The number of hydrogen-bond donors (Lipinski definition) is 0. The van der Waals surface area contributed by atoms with Crippen LogP contribution in [0.3, 0.4) is 0 Å². The third-order valence-electron chi connectivity index (χ3n) is 4.18. The molecule has 2 saturated heterocycles. The first kappa shape index (κ1) is 13.9. The summed E-state index contributed by atoms with van der Waals surface area (Å²) >= 11 is 0. The summed E-state index contributed by atoms with van der Waals surface area (Å²) in [5, 5.41) is 0. The Balaban J connectivity index is 1.59. The summed E-state index contributed by atoms with van der Waals surface area (Å²) in [6.07, 6.45) is 4.56. The van der Waals surface area contributed by atoms with Gasteiger partial charge in [-0.1, -0.05) is 0 Å². The fraction of sp³-hybridized carbons (Fsp3) is 0.571. The predicted molar refractivity (Wildman–Crippen MR) is 73.4 cm³/mol. The molecule has 2 amide bonds. The highest BCUT2D eigenvalue weighted by molar-refractivity contribution is 5.92. The fourth-order valence-corrected chi connectivity index (χ4v) is 3.15. The molecule has 2 atom stereocenters. The largest absolute Gasteiger partial charge is 0.375 e. The second kappa shape index (κ2) is 5.77. The van der Waals surface area contributed by atoms with Crippen LogP contribution in [0.1, 0.15) is 10.5 Å². The van der Waals surface area contributed by atoms with E-state index in [4.69, 9.17) is 4.74 Å². The van der Waals surface area contributed by atoms with Gasteiger partial charge in [-0.25, -0.2) is 4.98 Å². The Morgan fingerprint density at radius 3 is 2.43 bits per heavy atom. The van der Waals surface area contributed by atoms with Crippen molar-refractivity contribution in [2.45, 2.75) is 0 Å². The zero-order valence-electron chi connectivity index (χ0n) is 11.9. The highest BCUT2D eigenvalue weighted by Gasteiger charge is 2.43. The molecule has 7 nitrogen and oxygen atoms in total. The smallest absolute Gasteiger partial charge is 0.274 e. The number of carbonyl (C=O) groups excluding carboxylic acids is 2. The molecule has 3 rings (SSSR count). The van der Waals surface area contributed by atoms with Crippen LogP contribution in [0.4, 0.5) is 0 Å². The van der Waals surface area contributed by atoms with Gasteiger partial charge in [-0.2, -0.15) is 0 Å². The first-order valence-corrected chi connectivity index (χ1v) is 7.01. The molecule has 112 valence electrons. The fourth-order valence-electron chi connectivity index (χ4n) is 3.15. The molecule has 2 fully saturated rings. The first-order chi connectivity index (χ1) is 10.2. The lowest BCUT2D eigenvalue weighted by Crippen LogP contribution is -2.37. The van der Waals surface area contributed by atoms with Crippen LogP contribution in [0.15, 0.2) is 18.6 Å². The monoisotopic (exact) mass is 290 g/mol. The summed E-state index contributed by atoms with van der Waals surface area (Å²) in [6, 6.07) is 0. The number of hydrogen-bond acceptors (Lipinski definition) is 5. The number of likely N-dealkylation sites (tertiary alicyclic amines) is 2. The van der Waals surface area contributed by atoms with E-state index in [1.807, 2.05) is 9.80 Å². The number of methoxy groups -OCH3 is 1. The third kappa shape index (κ3) is 2.73. The number of nitrogens with zero attached hydrogens (tertiary/aromatic N) is 4. The van der Waals surface area contributed by atoms with Crippen molar-refractivity contribution < 1.29 is 14.3 Å². The highest BCUT2D eigenvalue weighted by atomic mass is 16.5. The maximum Gasteiger partial charge on any atom is 0.274 e. The van der Waals surface area contributed by atoms with Crippen molar-refractivity contribution in [1.82, 2.24) is 19.8 Å². The number of aromatic nitrogens is 2. The predicted octanol–water partition coefficient (Wildman–Crippen LogP) is -0.347. The first-order valence-electron chi connectivity index (χ1n) is 7.01. The minimum Gasteiger partial charge on any atom is -0.375 e. The van der Waals surface area contributed by atoms with Gasteiger partial charge < -0.3 is 14.5 Å². The maximum absolute atomic E-state index is 12.3. The number of fused-ring (bicyclic) bond motifs is 1. The van der Waals surface area contributed by atoms with Gasteiger partial charge in [-0.3, -0.25) is 14.6 Å². The van der Waals surface area contributed by atoms with Crippen molar-refractivity contribution in [1.29, 1.82) is 0 Å². The molecule has 2 aliphatic rings. The second-order valence-electron chi connectivity index (χ2n) is 5.55. The molecule has 2 aliphatic heterocycles. The highest BCUT2D eigenvalue weighted by Crippen LogP contribution is 2.31. The van der Waals surface area contributed by atoms with E-state index in [0.29, 0.717) is 43.7 Å². The van der Waals surface area contributed by atoms with Crippen molar-refractivity contribution in [2.75, 3.05) is 39.9 Å². The van der Waals surface area contributed by atoms with E-state index in [0.717, 1.165) is 0 Å². The van der Waals surface area contributed by atoms with Gasteiger partial charge in [-0.05, 0) is 0 Å². The van der Waals surface area contributed by atoms with E-state index in [9.17, 15) is 9.59 Å². The van der Waals surface area contributed by atoms with Crippen LogP contribution in [-0.4, -0.2) is 71.5 Å². The number of rotatable bonds is 3. The van der Waals surface area contributed by atoms with Crippen LogP contribution < -0.4 is 0 Å². The van der Waals surface area contributed by atoms with Crippen LogP contribution >= 0.6 is 0 Å². The van der Waals surface area contributed by atoms with Crippen LogP contribution in [0.5, 0.6) is 0 Å². The molecule has 21 heavy (non-hydrogen) atoms. The molecule has 1 aromatic heterocycles. The summed E-state index contributed by atoms with van der Waals surface area (Å²) in [5.41, 5.74) is 0.379. The zero-order valence-corrected chi connectivity index (χ0v) is 11.9. The Morgan fingerprint density at radius 1 is 1.19 bits per heavy atom. The summed E-state index contributed by atoms with van der Waals surface area (Å²) in [7, 11) is 1.52. The molecule has 0 radical (unpaired) electrons. The molecule has 0 N–H and O–H groups in total. The van der Waals surface area contributed by atoms with Gasteiger partial charge >= 0.3 is 0 Å². The van der Waals surface area contributed by atoms with Gasteiger partial charge in [0.05, 0.1) is 6.20 Å². The average Bonchev–Trinajstić information content (AvgIpc) is 3.06. The van der Waals surface area contributed by atoms with Crippen molar-refractivity contribution in [3.05, 3.63) is 24.3 Å². The Morgan fingerprint density at radius 2 is 1.86 bits per heavy atom. The van der Waals surface area contributed by atoms with Crippen LogP contribution in [-0.2, 0) is 9.53 Å². The van der Waals surface area contributed by atoms with Crippen LogP contribution in [0.2, 0.25) is 0 Å². The third-order valence-corrected chi connectivity index (χ3v) is 4.18. The maximum atomic E-state index is 12.3. The molecule has 0 aromatic carbocycles. The molecule has 0 aliphatic carbocycles. The number of ether oxygens (including phenoxy) is 1. The topological polar surface area (TPSA) is 75.6 Å². The number of carbonyl (C=O) groups is 2. The van der Waals surface area contributed by atoms with E-state index in [2.05, 4.69) is 9.97 Å². The van der Waals surface area contributed by atoms with Gasteiger partial charge in [0, 0.05) is 57.5 Å². The second-order valence-corrected chi connectivity index (χ2v) is 5.55. The molecule has 0 spiro atoms. The molecule has 7 heteroatoms. The van der Waals surface area contributed by atoms with Gasteiger partial charge in [0.2, 0.25) is 5.91 Å². The standard InChI is InChI=1S/C14H18N4O3/c1-21-9-13(19)17-5-10-7-18(8-11(10)6-17)14(20)12-4-15-2-3-16-12/h2-4,10-11H,5-9H2,1H3/t10-,11-/m1/s1. The van der Waals surface area contributed by atoms with Crippen molar-refractivity contribution in [2.24, 2.45) is 11.8 Å². The van der Waals surface area contributed by atoms with E-state index in [1.54, 1.807) is 6.20 Å². The molecule has 0 unspecified atom stereocenters. The molecule has 1 aromatic rings. The van der Waals surface area contributed by atoms with E-state index in [1.165, 1.54) is 19.5 Å². The lowest BCUT2D eigenvalue weighted by Gasteiger charge is -2.21. The lowest BCUT2D eigenvalue weighted by atomic mass is 10.0. The number of amides is 2. The van der Waals surface area contributed by atoms with Gasteiger partial charge in [-0.15, -0.1) is 0 Å². The molecule has 0 bridgehead atoms. The van der Waals surface area contributed by atoms with Gasteiger partial charge in [0.15, 0.2) is 0 Å². The lowest BCUT2D eigenvalue weighted by molar-refractivity contribution is -0.134. The Labute approximate surface area is 122 Å². The molecular weight excluding hydrogens is 272 g/mol. The van der Waals surface area contributed by atoms with Crippen LogP contribution in [0.25, 0.3) is 0 Å². The molecule has 3 heterocycles. The minimum atomic E-state index is -0.0766. The Kier molecular flexibility index (Phi) is 3.83. The van der Waals surface area contributed by atoms with E-state index in [-0.39, 0.29) is 18.4 Å². The Bertz CT molecular complexity index is 522. The summed E-state index contributed by atoms with van der Waals surface area (Å²) < 4.78 is 4.88. The van der Waals surface area contributed by atoms with Gasteiger partial charge in [0.25, 0.3) is 5.91 Å². The summed E-state index contributed by atoms with van der Waals surface area (Å²) in [5.74, 6) is 0.656. The quantitative estimate of drug-likeness (QED) is 0.761. The Hall–Kier alpha value is -2.02. The molecule has 0 saturated carbocycles. The van der Waals surface area contributed by atoms with Gasteiger partial charge in [0.1, 0.15) is 12.3 Å². The summed E-state index contributed by atoms with van der Waals surface area (Å²) in [4.78, 5) is 35.8. The summed E-state index contributed by atoms with van der Waals surface area (Å²) in [6.45, 7) is 2.89.